The second-order valence-corrected chi connectivity index (χ2v) is 14.5. The van der Waals surface area contributed by atoms with Crippen LogP contribution in [0, 0.1) is 5.92 Å². The van der Waals surface area contributed by atoms with Gasteiger partial charge < -0.3 is 14.8 Å². The highest BCUT2D eigenvalue weighted by atomic mass is 16.6. The number of alkyl carbamates (subject to hydrolysis) is 1. The van der Waals surface area contributed by atoms with Gasteiger partial charge in [-0.2, -0.15) is 0 Å². The lowest BCUT2D eigenvalue weighted by atomic mass is 9.83. The summed E-state index contributed by atoms with van der Waals surface area (Å²) >= 11 is 0. The van der Waals surface area contributed by atoms with Crippen LogP contribution in [0.25, 0.3) is 0 Å². The van der Waals surface area contributed by atoms with Crippen LogP contribution in [0.5, 0.6) is 0 Å². The summed E-state index contributed by atoms with van der Waals surface area (Å²) in [5.41, 5.74) is -0.401. The highest BCUT2D eigenvalue weighted by Crippen LogP contribution is 2.40. The second kappa shape index (κ2) is 16.6. The monoisotopic (exact) mass is 682 g/mol. The van der Waals surface area contributed by atoms with Crippen molar-refractivity contribution in [2.45, 2.75) is 90.4 Å². The molecule has 3 aromatic rings. The maximum absolute atomic E-state index is 14.5. The van der Waals surface area contributed by atoms with Gasteiger partial charge in [-0.05, 0) is 83.9 Å². The normalized spacial score (nSPS) is 14.8. The number of carbonyl (C=O) groups is 4. The Bertz CT molecular complexity index is 1590. The van der Waals surface area contributed by atoms with Crippen LogP contribution >= 0.6 is 0 Å². The van der Waals surface area contributed by atoms with Gasteiger partial charge >= 0.3 is 12.1 Å². The fraction of sp³-hybridized carbons (Fsp3) is 0.425. The van der Waals surface area contributed by atoms with Gasteiger partial charge in [0.05, 0.1) is 0 Å². The Hall–Kier alpha value is -4.99. The zero-order chi connectivity index (χ0) is 36.4. The molecule has 0 saturated carbocycles. The number of guanidine groups is 1. The number of hydrogen-bond donors (Lipinski definition) is 2. The molecule has 1 aliphatic rings. The average molecular weight is 683 g/mol. The highest BCUT2D eigenvalue weighted by Gasteiger charge is 2.51. The molecule has 0 fully saturated rings. The first kappa shape index (κ1) is 37.8. The Morgan fingerprint density at radius 3 is 1.86 bits per heavy atom. The maximum atomic E-state index is 14.5. The van der Waals surface area contributed by atoms with Gasteiger partial charge in [0.2, 0.25) is 11.9 Å². The van der Waals surface area contributed by atoms with E-state index in [4.69, 9.17) is 14.5 Å². The number of benzene rings is 3. The number of unbranched alkanes of at least 4 members (excludes halogenated alkanes) is 1. The van der Waals surface area contributed by atoms with Crippen LogP contribution in [0.4, 0.5) is 4.79 Å². The van der Waals surface area contributed by atoms with Crippen molar-refractivity contribution in [3.8, 4) is 0 Å². The Morgan fingerprint density at radius 2 is 1.32 bits per heavy atom. The largest absolute Gasteiger partial charge is 0.460 e. The van der Waals surface area contributed by atoms with Crippen molar-refractivity contribution >= 4 is 29.8 Å². The summed E-state index contributed by atoms with van der Waals surface area (Å²) in [5.74, 6) is -1.09. The van der Waals surface area contributed by atoms with Crippen molar-refractivity contribution in [2.24, 2.45) is 10.9 Å². The molecule has 10 heteroatoms. The Kier molecular flexibility index (Phi) is 12.6. The van der Waals surface area contributed by atoms with Crippen molar-refractivity contribution in [2.75, 3.05) is 13.1 Å². The van der Waals surface area contributed by atoms with E-state index in [1.807, 2.05) is 112 Å². The van der Waals surface area contributed by atoms with Crippen LogP contribution in [0.1, 0.15) is 83.9 Å². The molecule has 1 aliphatic heterocycles. The van der Waals surface area contributed by atoms with Gasteiger partial charge in [-0.3, -0.25) is 24.6 Å². The number of esters is 1. The van der Waals surface area contributed by atoms with Crippen molar-refractivity contribution in [1.29, 1.82) is 0 Å². The standard InChI is InChI=1S/C40H50N4O6/c1-38(2,3)49-33(45)25-24-30(28-29-18-10-7-11-19-29)34(46)41-26-16-17-27-44-35(47)40(31-20-12-8-13-21-31,32-22-14-9-15-23-32)43-36(44)42-37(48)50-39(4,5)6/h7-15,18-23,30H,16-17,24-28H2,1-6H3,(H,41,46)(H,42,43,48)/t30-/m0/s1. The molecule has 3 amide bonds. The summed E-state index contributed by atoms with van der Waals surface area (Å²) in [6, 6.07) is 28.3. The topological polar surface area (TPSA) is 126 Å². The smallest absolute Gasteiger partial charge is 0.414 e. The van der Waals surface area contributed by atoms with E-state index in [2.05, 4.69) is 10.6 Å². The number of ether oxygens (including phenoxy) is 2. The molecule has 0 unspecified atom stereocenters. The third-order valence-corrected chi connectivity index (χ3v) is 8.00. The van der Waals surface area contributed by atoms with Gasteiger partial charge in [0.15, 0.2) is 5.54 Å². The van der Waals surface area contributed by atoms with Gasteiger partial charge in [0, 0.05) is 25.4 Å². The van der Waals surface area contributed by atoms with Crippen LogP contribution < -0.4 is 10.6 Å². The Labute approximate surface area is 295 Å². The quantitative estimate of drug-likeness (QED) is 0.156. The van der Waals surface area contributed by atoms with E-state index < -0.39 is 28.8 Å². The summed E-state index contributed by atoms with van der Waals surface area (Å²) in [6.07, 6.45) is 1.35. The van der Waals surface area contributed by atoms with Crippen LogP contribution in [0.2, 0.25) is 0 Å². The van der Waals surface area contributed by atoms with E-state index in [1.54, 1.807) is 20.8 Å². The molecular formula is C40H50N4O6. The summed E-state index contributed by atoms with van der Waals surface area (Å²) in [5, 5.41) is 5.77. The van der Waals surface area contributed by atoms with Crippen LogP contribution in [0.15, 0.2) is 96.0 Å². The molecule has 4 rings (SSSR count). The number of hydrogen-bond acceptors (Lipinski definition) is 7. The third-order valence-electron chi connectivity index (χ3n) is 8.00. The van der Waals surface area contributed by atoms with E-state index in [9.17, 15) is 19.2 Å². The van der Waals surface area contributed by atoms with Crippen molar-refractivity contribution < 1.29 is 28.7 Å². The predicted octanol–water partition coefficient (Wildman–Crippen LogP) is 6.53. The molecule has 3 aromatic carbocycles. The number of nitrogens with one attached hydrogen (secondary N) is 2. The van der Waals surface area contributed by atoms with Gasteiger partial charge in [-0.15, -0.1) is 0 Å². The van der Waals surface area contributed by atoms with Crippen molar-refractivity contribution in [1.82, 2.24) is 15.5 Å². The fourth-order valence-corrected chi connectivity index (χ4v) is 5.82. The molecule has 0 aromatic heterocycles. The first-order valence-electron chi connectivity index (χ1n) is 17.2. The van der Waals surface area contributed by atoms with Gasteiger partial charge in [-0.1, -0.05) is 91.0 Å². The average Bonchev–Trinajstić information content (AvgIpc) is 3.33. The predicted molar refractivity (Wildman–Crippen MR) is 193 cm³/mol. The van der Waals surface area contributed by atoms with Crippen LogP contribution in [-0.2, 0) is 35.8 Å². The van der Waals surface area contributed by atoms with E-state index in [0.29, 0.717) is 43.4 Å². The lowest BCUT2D eigenvalue weighted by Crippen LogP contribution is -2.48. The van der Waals surface area contributed by atoms with Gasteiger partial charge in [0.1, 0.15) is 11.2 Å². The summed E-state index contributed by atoms with van der Waals surface area (Å²) in [7, 11) is 0. The van der Waals surface area contributed by atoms with Gasteiger partial charge in [0.25, 0.3) is 5.91 Å². The molecule has 266 valence electrons. The van der Waals surface area contributed by atoms with E-state index in [1.165, 1.54) is 4.90 Å². The number of carbonyl (C=O) groups excluding carboxylic acids is 4. The molecule has 2 N–H and O–H groups in total. The highest BCUT2D eigenvalue weighted by molar-refractivity contribution is 6.12. The molecule has 1 heterocycles. The van der Waals surface area contributed by atoms with E-state index in [-0.39, 0.29) is 36.7 Å². The zero-order valence-corrected chi connectivity index (χ0v) is 30.0. The minimum Gasteiger partial charge on any atom is -0.460 e. The Morgan fingerprint density at radius 1 is 0.780 bits per heavy atom. The minimum absolute atomic E-state index is 0.103. The number of amides is 3. The SMILES string of the molecule is CC(C)(C)OC(=O)CC[C@@H](Cc1ccccc1)C(=O)NCCCCN1C(=O)C(c2ccccc2)(c2ccccc2)N=C1NC(=O)OC(C)(C)C. The first-order chi connectivity index (χ1) is 23.7. The van der Waals surface area contributed by atoms with E-state index in [0.717, 1.165) is 5.56 Å². The molecule has 10 nitrogen and oxygen atoms in total. The van der Waals surface area contributed by atoms with Crippen molar-refractivity contribution in [3.63, 3.8) is 0 Å². The molecule has 1 atom stereocenters. The molecule has 0 bridgehead atoms. The summed E-state index contributed by atoms with van der Waals surface area (Å²) < 4.78 is 11.0. The minimum atomic E-state index is -1.40. The molecule has 0 saturated heterocycles. The molecule has 0 spiro atoms. The lowest BCUT2D eigenvalue weighted by molar-refractivity contribution is -0.155. The van der Waals surface area contributed by atoms with Crippen LogP contribution in [-0.4, -0.2) is 59.0 Å². The lowest BCUT2D eigenvalue weighted by Gasteiger charge is -2.27. The summed E-state index contributed by atoms with van der Waals surface area (Å²) in [6.45, 7) is 11.4. The molecule has 0 aliphatic carbocycles. The number of nitrogens with zero attached hydrogens (tertiary/aromatic N) is 2. The zero-order valence-electron chi connectivity index (χ0n) is 30.0. The third kappa shape index (κ3) is 10.5. The molecule has 50 heavy (non-hydrogen) atoms. The maximum Gasteiger partial charge on any atom is 0.414 e. The van der Waals surface area contributed by atoms with E-state index >= 15 is 0 Å². The summed E-state index contributed by atoms with van der Waals surface area (Å²) in [4.78, 5) is 59.6. The van der Waals surface area contributed by atoms with Crippen LogP contribution in [0.3, 0.4) is 0 Å². The second-order valence-electron chi connectivity index (χ2n) is 14.5. The fourth-order valence-electron chi connectivity index (χ4n) is 5.82. The Balaban J connectivity index is 1.46. The first-order valence-corrected chi connectivity index (χ1v) is 17.2. The molecular weight excluding hydrogens is 632 g/mol. The van der Waals surface area contributed by atoms with Gasteiger partial charge in [-0.25, -0.2) is 9.79 Å². The number of rotatable bonds is 13. The van der Waals surface area contributed by atoms with Crippen molar-refractivity contribution in [3.05, 3.63) is 108 Å². The molecule has 0 radical (unpaired) electrons. The number of aliphatic imine (C=N–C) groups is 1.